The Labute approximate surface area is 101 Å². The summed E-state index contributed by atoms with van der Waals surface area (Å²) in [6.07, 6.45) is 0.174. The summed E-state index contributed by atoms with van der Waals surface area (Å²) in [5, 5.41) is 0. The first-order valence-corrected chi connectivity index (χ1v) is 5.30. The number of halogens is 2. The molecule has 0 aromatic heterocycles. The zero-order valence-electron chi connectivity index (χ0n) is 9.28. The first-order chi connectivity index (χ1) is 8.49. The maximum atomic E-state index is 12.9. The highest BCUT2D eigenvalue weighted by molar-refractivity contribution is 6.07. The highest BCUT2D eigenvalue weighted by Crippen LogP contribution is 2.14. The lowest BCUT2D eigenvalue weighted by Gasteiger charge is -2.12. The van der Waals surface area contributed by atoms with E-state index in [2.05, 4.69) is 0 Å². The molecule has 94 valence electrons. The van der Waals surface area contributed by atoms with Crippen LogP contribution in [-0.4, -0.2) is 29.0 Å². The van der Waals surface area contributed by atoms with Gasteiger partial charge in [-0.1, -0.05) is 0 Å². The highest BCUT2D eigenvalue weighted by Gasteiger charge is 2.30. The number of ketones is 1. The smallest absolute Gasteiger partial charge is 0.230 e. The lowest BCUT2D eigenvalue weighted by Crippen LogP contribution is -2.34. The summed E-state index contributed by atoms with van der Waals surface area (Å²) in [7, 11) is 0. The molecule has 6 heteroatoms. The van der Waals surface area contributed by atoms with E-state index in [0.717, 1.165) is 23.1 Å². The topological polar surface area (TPSA) is 54.5 Å². The van der Waals surface area contributed by atoms with Crippen LogP contribution in [0.15, 0.2) is 18.2 Å². The molecule has 0 aliphatic carbocycles. The second-order valence-electron chi connectivity index (χ2n) is 3.93. The Hall–Kier alpha value is -2.11. The molecule has 1 aromatic rings. The second-order valence-corrected chi connectivity index (χ2v) is 3.93. The van der Waals surface area contributed by atoms with Crippen LogP contribution in [0.25, 0.3) is 0 Å². The number of rotatable bonds is 3. The van der Waals surface area contributed by atoms with Crippen molar-refractivity contribution in [1.82, 2.24) is 4.90 Å². The molecule has 1 aliphatic rings. The van der Waals surface area contributed by atoms with Gasteiger partial charge < -0.3 is 0 Å². The van der Waals surface area contributed by atoms with Gasteiger partial charge in [0.25, 0.3) is 0 Å². The van der Waals surface area contributed by atoms with Crippen LogP contribution in [0.4, 0.5) is 8.78 Å². The van der Waals surface area contributed by atoms with Gasteiger partial charge in [0.05, 0.1) is 6.54 Å². The molecule has 1 aromatic carbocycles. The van der Waals surface area contributed by atoms with Gasteiger partial charge in [-0.3, -0.25) is 19.3 Å². The average molecular weight is 253 g/mol. The van der Waals surface area contributed by atoms with Crippen LogP contribution in [0, 0.1) is 11.6 Å². The van der Waals surface area contributed by atoms with E-state index in [9.17, 15) is 23.2 Å². The normalized spacial score (nSPS) is 15.3. The molecule has 0 saturated carbocycles. The van der Waals surface area contributed by atoms with Crippen LogP contribution < -0.4 is 0 Å². The number of likely N-dealkylation sites (tertiary alicyclic amines) is 1. The number of nitrogens with zero attached hydrogens (tertiary/aromatic N) is 1. The van der Waals surface area contributed by atoms with Gasteiger partial charge in [-0.25, -0.2) is 8.78 Å². The van der Waals surface area contributed by atoms with E-state index in [-0.39, 0.29) is 18.4 Å². The van der Waals surface area contributed by atoms with E-state index in [1.165, 1.54) is 0 Å². The standard InChI is InChI=1S/C12H9F2NO3/c13-8-2-1-7(5-9(8)14)10(16)6-15-11(17)3-4-12(15)18/h1-2,5H,3-4,6H2. The van der Waals surface area contributed by atoms with E-state index >= 15 is 0 Å². The van der Waals surface area contributed by atoms with E-state index in [0.29, 0.717) is 0 Å². The maximum absolute atomic E-state index is 12.9. The third-order valence-corrected chi connectivity index (χ3v) is 2.70. The van der Waals surface area contributed by atoms with Gasteiger partial charge in [0.1, 0.15) is 0 Å². The van der Waals surface area contributed by atoms with Crippen LogP contribution >= 0.6 is 0 Å². The fraction of sp³-hybridized carbons (Fsp3) is 0.250. The minimum absolute atomic E-state index is 0.0681. The van der Waals surface area contributed by atoms with Crippen LogP contribution in [-0.2, 0) is 9.59 Å². The van der Waals surface area contributed by atoms with Crippen molar-refractivity contribution in [2.45, 2.75) is 12.8 Å². The number of hydrogen-bond donors (Lipinski definition) is 0. The summed E-state index contributed by atoms with van der Waals surface area (Å²) >= 11 is 0. The largest absolute Gasteiger partial charge is 0.292 e. The maximum Gasteiger partial charge on any atom is 0.230 e. The van der Waals surface area contributed by atoms with Crippen molar-refractivity contribution in [3.05, 3.63) is 35.4 Å². The predicted octanol–water partition coefficient (Wildman–Crippen LogP) is 1.30. The highest BCUT2D eigenvalue weighted by atomic mass is 19.2. The fourth-order valence-corrected chi connectivity index (χ4v) is 1.70. The monoisotopic (exact) mass is 253 g/mol. The van der Waals surface area contributed by atoms with Crippen molar-refractivity contribution >= 4 is 17.6 Å². The molecule has 18 heavy (non-hydrogen) atoms. The van der Waals surface area contributed by atoms with Gasteiger partial charge in [0.15, 0.2) is 17.4 Å². The summed E-state index contributed by atoms with van der Waals surface area (Å²) in [5.41, 5.74) is -0.0681. The minimum Gasteiger partial charge on any atom is -0.292 e. The molecule has 2 rings (SSSR count). The predicted molar refractivity (Wildman–Crippen MR) is 56.6 cm³/mol. The zero-order chi connectivity index (χ0) is 13.3. The Balaban J connectivity index is 2.14. The lowest BCUT2D eigenvalue weighted by atomic mass is 10.1. The molecule has 0 atom stereocenters. The number of amides is 2. The van der Waals surface area contributed by atoms with Crippen LogP contribution in [0.5, 0.6) is 0 Å². The molecule has 0 bridgehead atoms. The summed E-state index contributed by atoms with van der Waals surface area (Å²) in [6.45, 7) is -0.428. The molecular formula is C12H9F2NO3. The number of carbonyl (C=O) groups is 3. The fourth-order valence-electron chi connectivity index (χ4n) is 1.70. The van der Waals surface area contributed by atoms with Gasteiger partial charge in [-0.2, -0.15) is 0 Å². The van der Waals surface area contributed by atoms with Crippen LogP contribution in [0.1, 0.15) is 23.2 Å². The average Bonchev–Trinajstić information content (AvgIpc) is 2.64. The molecule has 0 spiro atoms. The summed E-state index contributed by atoms with van der Waals surface area (Å²) in [6, 6.07) is 2.70. The number of Topliss-reactive ketones (excluding diaryl/α,β-unsaturated/α-hetero) is 1. The third-order valence-electron chi connectivity index (χ3n) is 2.70. The molecule has 1 heterocycles. The van der Waals surface area contributed by atoms with Crippen molar-refractivity contribution < 1.29 is 23.2 Å². The van der Waals surface area contributed by atoms with Gasteiger partial charge >= 0.3 is 0 Å². The zero-order valence-corrected chi connectivity index (χ0v) is 9.28. The Bertz CT molecular complexity index is 526. The van der Waals surface area contributed by atoms with Crippen molar-refractivity contribution in [3.8, 4) is 0 Å². The van der Waals surface area contributed by atoms with Crippen molar-refractivity contribution in [1.29, 1.82) is 0 Å². The Morgan fingerprint density at radius 3 is 2.28 bits per heavy atom. The Kier molecular flexibility index (Phi) is 3.18. The molecule has 1 aliphatic heterocycles. The quantitative estimate of drug-likeness (QED) is 0.602. The number of benzene rings is 1. The van der Waals surface area contributed by atoms with Crippen molar-refractivity contribution in [2.24, 2.45) is 0 Å². The third kappa shape index (κ3) is 2.27. The van der Waals surface area contributed by atoms with Gasteiger partial charge in [-0.05, 0) is 18.2 Å². The van der Waals surface area contributed by atoms with Crippen LogP contribution in [0.2, 0.25) is 0 Å². The molecule has 1 saturated heterocycles. The number of imide groups is 1. The first-order valence-electron chi connectivity index (χ1n) is 5.30. The molecule has 0 radical (unpaired) electrons. The van der Waals surface area contributed by atoms with E-state index in [4.69, 9.17) is 0 Å². The summed E-state index contributed by atoms with van der Waals surface area (Å²) in [5.74, 6) is -3.64. The van der Waals surface area contributed by atoms with E-state index in [1.807, 2.05) is 0 Å². The number of hydrogen-bond acceptors (Lipinski definition) is 3. The Morgan fingerprint density at radius 1 is 1.11 bits per heavy atom. The van der Waals surface area contributed by atoms with Gasteiger partial charge in [-0.15, -0.1) is 0 Å². The summed E-state index contributed by atoms with van der Waals surface area (Å²) < 4.78 is 25.6. The molecule has 4 nitrogen and oxygen atoms in total. The van der Waals surface area contributed by atoms with Crippen LogP contribution in [0.3, 0.4) is 0 Å². The van der Waals surface area contributed by atoms with Crippen molar-refractivity contribution in [2.75, 3.05) is 6.54 Å². The summed E-state index contributed by atoms with van der Waals surface area (Å²) in [4.78, 5) is 35.1. The minimum atomic E-state index is -1.14. The number of carbonyl (C=O) groups excluding carboxylic acids is 3. The van der Waals surface area contributed by atoms with Crippen molar-refractivity contribution in [3.63, 3.8) is 0 Å². The molecule has 1 fully saturated rings. The van der Waals surface area contributed by atoms with E-state index in [1.54, 1.807) is 0 Å². The first kappa shape index (κ1) is 12.3. The lowest BCUT2D eigenvalue weighted by molar-refractivity contribution is -0.137. The van der Waals surface area contributed by atoms with Gasteiger partial charge in [0.2, 0.25) is 11.8 Å². The Morgan fingerprint density at radius 2 is 1.72 bits per heavy atom. The van der Waals surface area contributed by atoms with Gasteiger partial charge in [0, 0.05) is 18.4 Å². The molecule has 2 amide bonds. The second kappa shape index (κ2) is 4.64. The van der Waals surface area contributed by atoms with E-state index < -0.39 is 35.8 Å². The molecular weight excluding hydrogens is 244 g/mol. The molecule has 0 N–H and O–H groups in total. The SMILES string of the molecule is O=C(CN1C(=O)CCC1=O)c1ccc(F)c(F)c1. The molecule has 0 unspecified atom stereocenters.